The van der Waals surface area contributed by atoms with Gasteiger partial charge in [0.2, 0.25) is 11.9 Å². The third kappa shape index (κ3) is 4.42. The fourth-order valence-corrected chi connectivity index (χ4v) is 2.80. The quantitative estimate of drug-likeness (QED) is 0.735. The molecule has 7 nitrogen and oxygen atoms in total. The van der Waals surface area contributed by atoms with Crippen molar-refractivity contribution in [2.75, 3.05) is 30.8 Å². The van der Waals surface area contributed by atoms with Crippen molar-refractivity contribution in [3.05, 3.63) is 0 Å². The zero-order valence-electron chi connectivity index (χ0n) is 13.0. The number of anilines is 2. The molecule has 7 heteroatoms. The van der Waals surface area contributed by atoms with E-state index in [2.05, 4.69) is 32.5 Å². The van der Waals surface area contributed by atoms with Crippen molar-refractivity contribution in [2.45, 2.75) is 45.1 Å². The zero-order valence-corrected chi connectivity index (χ0v) is 13.0. The third-order valence-corrected chi connectivity index (χ3v) is 3.78. The number of aliphatic hydroxyl groups is 1. The lowest BCUT2D eigenvalue weighted by Gasteiger charge is -2.35. The molecule has 0 radical (unpaired) electrons. The van der Waals surface area contributed by atoms with Crippen LogP contribution in [0.15, 0.2) is 0 Å². The first-order chi connectivity index (χ1) is 10.0. The Bertz CT molecular complexity index is 471. The molecule has 1 aromatic heterocycles. The van der Waals surface area contributed by atoms with Crippen LogP contribution in [0.1, 0.15) is 39.5 Å². The second kappa shape index (κ2) is 6.89. The molecule has 0 amide bonds. The first kappa shape index (κ1) is 15.8. The molecule has 0 saturated heterocycles. The summed E-state index contributed by atoms with van der Waals surface area (Å²) < 4.78 is 5.07. The van der Waals surface area contributed by atoms with Gasteiger partial charge in [0.15, 0.2) is 0 Å². The molecule has 1 fully saturated rings. The average Bonchev–Trinajstić information content (AvgIpc) is 2.45. The summed E-state index contributed by atoms with van der Waals surface area (Å²) in [5.41, 5.74) is -0.685. The molecule has 21 heavy (non-hydrogen) atoms. The van der Waals surface area contributed by atoms with Crippen LogP contribution in [-0.2, 0) is 0 Å². The van der Waals surface area contributed by atoms with Crippen LogP contribution in [0.2, 0.25) is 0 Å². The SMILES string of the molecule is CCNc1nc(NCC2(O)CCCC(C)C2)nc(OC)n1. The van der Waals surface area contributed by atoms with E-state index in [1.807, 2.05) is 6.92 Å². The highest BCUT2D eigenvalue weighted by Gasteiger charge is 2.32. The van der Waals surface area contributed by atoms with Crippen LogP contribution in [0.5, 0.6) is 6.01 Å². The predicted molar refractivity (Wildman–Crippen MR) is 81.6 cm³/mol. The lowest BCUT2D eigenvalue weighted by Crippen LogP contribution is -2.41. The van der Waals surface area contributed by atoms with Crippen molar-refractivity contribution in [3.8, 4) is 6.01 Å². The minimum absolute atomic E-state index is 0.257. The molecule has 1 aromatic rings. The Morgan fingerprint density at radius 3 is 2.62 bits per heavy atom. The van der Waals surface area contributed by atoms with Gasteiger partial charge in [-0.25, -0.2) is 0 Å². The van der Waals surface area contributed by atoms with E-state index in [9.17, 15) is 5.11 Å². The second-order valence-corrected chi connectivity index (χ2v) is 5.78. The van der Waals surface area contributed by atoms with Gasteiger partial charge in [0.25, 0.3) is 0 Å². The number of methoxy groups -OCH3 is 1. The van der Waals surface area contributed by atoms with Crippen LogP contribution in [-0.4, -0.2) is 45.9 Å². The highest BCUT2D eigenvalue weighted by atomic mass is 16.5. The predicted octanol–water partition coefficient (Wildman–Crippen LogP) is 1.67. The van der Waals surface area contributed by atoms with Gasteiger partial charge in [-0.2, -0.15) is 15.0 Å². The van der Waals surface area contributed by atoms with Gasteiger partial charge in [-0.15, -0.1) is 0 Å². The van der Waals surface area contributed by atoms with Crippen molar-refractivity contribution in [1.29, 1.82) is 0 Å². The topological polar surface area (TPSA) is 92.2 Å². The summed E-state index contributed by atoms with van der Waals surface area (Å²) in [5.74, 6) is 1.44. The molecule has 0 bridgehead atoms. The molecule has 1 aliphatic rings. The van der Waals surface area contributed by atoms with Crippen LogP contribution >= 0.6 is 0 Å². The number of hydrogen-bond donors (Lipinski definition) is 3. The van der Waals surface area contributed by atoms with Crippen LogP contribution in [0.3, 0.4) is 0 Å². The minimum Gasteiger partial charge on any atom is -0.467 e. The van der Waals surface area contributed by atoms with E-state index >= 15 is 0 Å². The standard InChI is InChI=1S/C14H25N5O2/c1-4-15-11-17-12(19-13(18-11)21-3)16-9-14(20)7-5-6-10(2)8-14/h10,20H,4-9H2,1-3H3,(H2,15,16,17,18,19). The van der Waals surface area contributed by atoms with E-state index in [1.165, 1.54) is 13.5 Å². The Balaban J connectivity index is 2.03. The van der Waals surface area contributed by atoms with Gasteiger partial charge >= 0.3 is 6.01 Å². The van der Waals surface area contributed by atoms with Crippen molar-refractivity contribution in [3.63, 3.8) is 0 Å². The molecule has 0 aromatic carbocycles. The molecule has 1 heterocycles. The minimum atomic E-state index is -0.685. The summed E-state index contributed by atoms with van der Waals surface area (Å²) in [6.07, 6.45) is 3.86. The van der Waals surface area contributed by atoms with E-state index in [4.69, 9.17) is 4.74 Å². The monoisotopic (exact) mass is 295 g/mol. The van der Waals surface area contributed by atoms with Gasteiger partial charge < -0.3 is 20.5 Å². The van der Waals surface area contributed by atoms with Gasteiger partial charge in [-0.1, -0.05) is 19.8 Å². The Morgan fingerprint density at radius 2 is 2.00 bits per heavy atom. The van der Waals surface area contributed by atoms with Crippen LogP contribution in [0.4, 0.5) is 11.9 Å². The first-order valence-corrected chi connectivity index (χ1v) is 7.55. The normalized spacial score (nSPS) is 25.4. The number of nitrogens with one attached hydrogen (secondary N) is 2. The van der Waals surface area contributed by atoms with E-state index < -0.39 is 5.60 Å². The first-order valence-electron chi connectivity index (χ1n) is 7.55. The number of aromatic nitrogens is 3. The molecule has 2 atom stereocenters. The number of nitrogens with zero attached hydrogens (tertiary/aromatic N) is 3. The Morgan fingerprint density at radius 1 is 1.29 bits per heavy atom. The van der Waals surface area contributed by atoms with E-state index in [0.29, 0.717) is 30.9 Å². The molecule has 3 N–H and O–H groups in total. The third-order valence-electron chi connectivity index (χ3n) is 3.78. The van der Waals surface area contributed by atoms with Crippen molar-refractivity contribution < 1.29 is 9.84 Å². The fourth-order valence-electron chi connectivity index (χ4n) is 2.80. The van der Waals surface area contributed by atoms with Crippen molar-refractivity contribution >= 4 is 11.9 Å². The van der Waals surface area contributed by atoms with Crippen molar-refractivity contribution in [1.82, 2.24) is 15.0 Å². The Kier molecular flexibility index (Phi) is 5.17. The zero-order chi connectivity index (χ0) is 15.3. The number of rotatable bonds is 6. The van der Waals surface area contributed by atoms with Gasteiger partial charge in [-0.05, 0) is 25.7 Å². The van der Waals surface area contributed by atoms with Gasteiger partial charge in [0.05, 0.1) is 12.7 Å². The Labute approximate surface area is 125 Å². The number of hydrogen-bond acceptors (Lipinski definition) is 7. The van der Waals surface area contributed by atoms with Crippen LogP contribution in [0.25, 0.3) is 0 Å². The maximum absolute atomic E-state index is 10.6. The maximum atomic E-state index is 10.6. The lowest BCUT2D eigenvalue weighted by atomic mass is 9.79. The highest BCUT2D eigenvalue weighted by Crippen LogP contribution is 2.32. The summed E-state index contributed by atoms with van der Waals surface area (Å²) in [6.45, 7) is 5.30. The molecule has 118 valence electrons. The summed E-state index contributed by atoms with van der Waals surface area (Å²) in [5, 5.41) is 16.8. The molecule has 2 unspecified atom stereocenters. The Hall–Kier alpha value is -1.63. The van der Waals surface area contributed by atoms with E-state index in [1.54, 1.807) is 0 Å². The summed E-state index contributed by atoms with van der Waals surface area (Å²) >= 11 is 0. The average molecular weight is 295 g/mol. The van der Waals surface area contributed by atoms with E-state index in [0.717, 1.165) is 19.3 Å². The maximum Gasteiger partial charge on any atom is 0.322 e. The van der Waals surface area contributed by atoms with Crippen molar-refractivity contribution in [2.24, 2.45) is 5.92 Å². The van der Waals surface area contributed by atoms with E-state index in [-0.39, 0.29) is 6.01 Å². The largest absolute Gasteiger partial charge is 0.467 e. The molecule has 0 aliphatic heterocycles. The highest BCUT2D eigenvalue weighted by molar-refractivity contribution is 5.36. The fraction of sp³-hybridized carbons (Fsp3) is 0.786. The number of ether oxygens (including phenoxy) is 1. The molecular formula is C14H25N5O2. The molecule has 1 aliphatic carbocycles. The van der Waals surface area contributed by atoms with Gasteiger partial charge in [-0.3, -0.25) is 0 Å². The summed E-state index contributed by atoms with van der Waals surface area (Å²) in [6, 6.07) is 0.257. The molecular weight excluding hydrogens is 270 g/mol. The molecule has 2 rings (SSSR count). The smallest absolute Gasteiger partial charge is 0.322 e. The lowest BCUT2D eigenvalue weighted by molar-refractivity contribution is -0.000911. The summed E-state index contributed by atoms with van der Waals surface area (Å²) in [7, 11) is 1.52. The molecule has 0 spiro atoms. The van der Waals surface area contributed by atoms with Gasteiger partial charge in [0, 0.05) is 13.1 Å². The van der Waals surface area contributed by atoms with Crippen LogP contribution < -0.4 is 15.4 Å². The summed E-state index contributed by atoms with van der Waals surface area (Å²) in [4.78, 5) is 12.5. The van der Waals surface area contributed by atoms with Gasteiger partial charge in [0.1, 0.15) is 0 Å². The van der Waals surface area contributed by atoms with Crippen LogP contribution in [0, 0.1) is 5.92 Å². The molecule has 1 saturated carbocycles. The second-order valence-electron chi connectivity index (χ2n) is 5.78.